The molecule has 1 saturated heterocycles. The number of pyridine rings is 1. The van der Waals surface area contributed by atoms with Crippen molar-refractivity contribution in [1.29, 1.82) is 0 Å². The molecule has 0 radical (unpaired) electrons. The van der Waals surface area contributed by atoms with E-state index in [1.807, 2.05) is 46.6 Å². The number of aliphatic carboxylic acids is 1. The van der Waals surface area contributed by atoms with E-state index < -0.39 is 64.7 Å². The maximum atomic E-state index is 15.0. The third-order valence-corrected chi connectivity index (χ3v) is 16.7. The van der Waals surface area contributed by atoms with Crippen LogP contribution in [0.1, 0.15) is 140 Å². The van der Waals surface area contributed by atoms with Gasteiger partial charge in [0.05, 0.1) is 16.9 Å². The molecule has 2 amide bonds. The van der Waals surface area contributed by atoms with Crippen LogP contribution in [-0.2, 0) is 44.7 Å². The number of aromatic nitrogens is 2. The highest BCUT2D eigenvalue weighted by Crippen LogP contribution is 2.38. The van der Waals surface area contributed by atoms with Crippen LogP contribution < -0.4 is 5.32 Å². The van der Waals surface area contributed by atoms with Gasteiger partial charge >= 0.3 is 23.6 Å². The third-order valence-electron chi connectivity index (χ3n) is 13.4. The number of ether oxygens (including phenoxy) is 2. The summed E-state index contributed by atoms with van der Waals surface area (Å²) in [6.45, 7) is 12.8. The number of carbonyl (C=O) groups excluding carboxylic acids is 6. The molecule has 3 aromatic rings. The van der Waals surface area contributed by atoms with Gasteiger partial charge in [0.25, 0.3) is 5.91 Å². The van der Waals surface area contributed by atoms with Crippen LogP contribution in [0.2, 0.25) is 0 Å². The number of piperidine rings is 1. The maximum absolute atomic E-state index is 15.0. The molecule has 1 aliphatic heterocycles. The number of hydrogen-bond acceptors (Lipinski definition) is 18. The van der Waals surface area contributed by atoms with E-state index in [1.165, 1.54) is 47.7 Å². The normalized spacial score (nSPS) is 16.7. The Hall–Kier alpha value is -5.45. The molecule has 8 atom stereocenters. The Kier molecular flexibility index (Phi) is 24.9. The van der Waals surface area contributed by atoms with Crippen LogP contribution in [0, 0.1) is 39.7 Å². The van der Waals surface area contributed by atoms with Gasteiger partial charge in [-0.15, -0.1) is 11.3 Å². The summed E-state index contributed by atoms with van der Waals surface area (Å²) in [7, 11) is 3.91. The molecule has 22 heteroatoms. The van der Waals surface area contributed by atoms with E-state index in [9.17, 15) is 53.9 Å². The first-order valence-corrected chi connectivity index (χ1v) is 28.4. The number of rotatable bonds is 31. The Morgan fingerprint density at radius 2 is 1.74 bits per heavy atom. The fourth-order valence-electron chi connectivity index (χ4n) is 8.87. The molecule has 1 aliphatic rings. The number of carbonyl (C=O) groups is 7. The number of phenols is 1. The molecule has 4 rings (SSSR count). The lowest BCUT2D eigenvalue weighted by atomic mass is 9.82. The molecule has 74 heavy (non-hydrogen) atoms. The number of benzene rings is 1. The van der Waals surface area contributed by atoms with E-state index in [2.05, 4.69) is 15.3 Å². The molecule has 1 unspecified atom stereocenters. The Bertz CT molecular complexity index is 2390. The van der Waals surface area contributed by atoms with Gasteiger partial charge in [-0.2, -0.15) is 0 Å². The zero-order chi connectivity index (χ0) is 54.6. The topological polar surface area (TPSA) is 266 Å². The number of likely N-dealkylation sites (N-methyl/N-ethyl adjacent to an activating group) is 1. The first-order valence-electron chi connectivity index (χ1n) is 25.2. The molecule has 0 saturated carbocycles. The zero-order valence-electron chi connectivity index (χ0n) is 43.6. The molecule has 0 aliphatic carbocycles. The lowest BCUT2D eigenvalue weighted by molar-refractivity contribution is -0.388. The van der Waals surface area contributed by atoms with Gasteiger partial charge in [0.2, 0.25) is 5.91 Å². The summed E-state index contributed by atoms with van der Waals surface area (Å²) in [5.41, 5.74) is 0.484. The van der Waals surface area contributed by atoms with Gasteiger partial charge in [0, 0.05) is 79.9 Å². The largest absolute Gasteiger partial charge is 0.508 e. The van der Waals surface area contributed by atoms with E-state index >= 15 is 0 Å². The number of Topliss-reactive ketones (excluding diaryl/α,β-unsaturated/α-hetero) is 2. The number of phenolic OH excluding ortho intramolecular Hbond substituents is 1. The van der Waals surface area contributed by atoms with E-state index in [0.29, 0.717) is 19.3 Å². The molecular weight excluding hydrogens is 1010 g/mol. The summed E-state index contributed by atoms with van der Waals surface area (Å²) >= 11 is 1.07. The second kappa shape index (κ2) is 30.2. The Morgan fingerprint density at radius 3 is 2.36 bits per heavy atom. The van der Waals surface area contributed by atoms with Crippen LogP contribution in [0.15, 0.2) is 53.0 Å². The second-order valence-corrected chi connectivity index (χ2v) is 22.6. The number of carboxylic acids is 1. The van der Waals surface area contributed by atoms with Crippen LogP contribution in [0.25, 0.3) is 0 Å². The summed E-state index contributed by atoms with van der Waals surface area (Å²) in [6, 6.07) is 7.36. The first kappa shape index (κ1) is 61.1. The Labute approximate surface area is 445 Å². The molecule has 0 bridgehead atoms. The van der Waals surface area contributed by atoms with Crippen LogP contribution in [0.3, 0.4) is 0 Å². The van der Waals surface area contributed by atoms with Crippen LogP contribution in [0.4, 0.5) is 5.69 Å². The average Bonchev–Trinajstić information content (AvgIpc) is 3.86. The van der Waals surface area contributed by atoms with Gasteiger partial charge in [-0.25, -0.2) is 9.97 Å². The average molecular weight is 1090 g/mol. The minimum absolute atomic E-state index is 0.0100. The summed E-state index contributed by atoms with van der Waals surface area (Å²) in [5, 5.41) is 36.3. The van der Waals surface area contributed by atoms with Crippen molar-refractivity contribution in [3.63, 3.8) is 0 Å². The number of likely N-dealkylation sites (tertiary alicyclic amines) is 1. The second-order valence-electron chi connectivity index (χ2n) is 19.4. The van der Waals surface area contributed by atoms with Gasteiger partial charge in [0.15, 0.2) is 23.6 Å². The lowest BCUT2D eigenvalue weighted by Crippen LogP contribution is -2.50. The molecular formula is C52H72N6O13S3. The van der Waals surface area contributed by atoms with Crippen molar-refractivity contribution in [3.05, 3.63) is 74.4 Å². The van der Waals surface area contributed by atoms with Crippen LogP contribution >= 0.6 is 32.9 Å². The smallest absolute Gasteiger partial charge is 0.307 e. The highest BCUT2D eigenvalue weighted by molar-refractivity contribution is 8.76. The Morgan fingerprint density at radius 1 is 1.03 bits per heavy atom. The summed E-state index contributed by atoms with van der Waals surface area (Å²) in [4.78, 5) is 118. The van der Waals surface area contributed by atoms with Crippen molar-refractivity contribution in [2.75, 3.05) is 26.1 Å². The molecule has 3 heterocycles. The molecule has 406 valence electrons. The van der Waals surface area contributed by atoms with Gasteiger partial charge < -0.3 is 29.9 Å². The van der Waals surface area contributed by atoms with Gasteiger partial charge in [-0.3, -0.25) is 48.6 Å². The number of nitro groups is 1. The number of ketones is 2. The van der Waals surface area contributed by atoms with Crippen molar-refractivity contribution in [2.45, 2.75) is 148 Å². The SMILES string of the molecule is CCCC(=O)OCN(C(=O)[C@@H](CC(=O)[C@H]1CCCCN1C)C(C)CC)[C@H](C[C@@H](OC(C)=O)c1nc(C(=O)N[C@@H](Cc2ccc(O)cc2)C[C@H](C)C(=O)C[C@@H](CSSc2ncccc2[N+](=O)[O-])C(=O)O)cs1)C(C)C. The van der Waals surface area contributed by atoms with Gasteiger partial charge in [0.1, 0.15) is 22.2 Å². The number of thiazole rings is 1. The number of esters is 2. The predicted octanol–water partition coefficient (Wildman–Crippen LogP) is 8.87. The molecule has 2 aromatic heterocycles. The number of amides is 2. The van der Waals surface area contributed by atoms with Crippen molar-refractivity contribution in [3.8, 4) is 5.75 Å². The summed E-state index contributed by atoms with van der Waals surface area (Å²) < 4.78 is 11.6. The van der Waals surface area contributed by atoms with Crippen LogP contribution in [0.5, 0.6) is 5.75 Å². The number of nitrogens with one attached hydrogen (secondary N) is 1. The van der Waals surface area contributed by atoms with Crippen LogP contribution in [-0.4, -0.2) is 120 Å². The van der Waals surface area contributed by atoms with Crippen molar-refractivity contribution < 1.29 is 58.2 Å². The zero-order valence-corrected chi connectivity index (χ0v) is 46.0. The fraction of sp³-hybridized carbons (Fsp3) is 0.596. The number of carboxylic acid groups (broad SMARTS) is 1. The summed E-state index contributed by atoms with van der Waals surface area (Å²) in [5.74, 6) is -6.78. The Balaban J connectivity index is 1.58. The monoisotopic (exact) mass is 1080 g/mol. The summed E-state index contributed by atoms with van der Waals surface area (Å²) in [6.07, 6.45) is 4.23. The minimum atomic E-state index is -1.21. The quantitative estimate of drug-likeness (QED) is 0.0178. The number of aromatic hydroxyl groups is 1. The third kappa shape index (κ3) is 18.7. The van der Waals surface area contributed by atoms with Gasteiger partial charge in [-0.1, -0.05) is 77.3 Å². The predicted molar refractivity (Wildman–Crippen MR) is 282 cm³/mol. The molecule has 19 nitrogen and oxygen atoms in total. The maximum Gasteiger partial charge on any atom is 0.307 e. The van der Waals surface area contributed by atoms with E-state index in [4.69, 9.17) is 9.47 Å². The first-order chi connectivity index (χ1) is 35.1. The molecule has 3 N–H and O–H groups in total. The molecule has 1 aromatic carbocycles. The molecule has 0 spiro atoms. The van der Waals surface area contributed by atoms with E-state index in [1.54, 1.807) is 19.1 Å². The van der Waals surface area contributed by atoms with Crippen molar-refractivity contribution >= 4 is 79.9 Å². The molecule has 1 fully saturated rings. The fourth-order valence-corrected chi connectivity index (χ4v) is 12.1. The van der Waals surface area contributed by atoms with E-state index in [-0.39, 0.29) is 114 Å². The van der Waals surface area contributed by atoms with E-state index in [0.717, 1.165) is 57.9 Å². The number of hydrogen-bond donors (Lipinski definition) is 3. The number of nitrogens with zero attached hydrogens (tertiary/aromatic N) is 5. The standard InChI is InChI=1S/C52H72N6O13S3/c1-9-14-47(63)70-30-57(51(65)39(32(5)10-2)26-45(62)41-15-11-12-22-56(41)8)43(31(3)4)27-46(71-34(7)59)50-55-40(29-72-50)48(64)54-37(24-35-17-19-38(60)20-18-35)23-33(6)44(61)25-36(52(66)67)28-73-74-49-42(58(68)69)16-13-21-53-49/h13,16-21,29,31-33,36-37,39,41,43,46,60H,9-12,14-15,22-28,30H2,1-8H3,(H,54,64)(H,66,67)/t32?,33-,36-,37+,39-,41+,43+,46+/m0/s1. The minimum Gasteiger partial charge on any atom is -0.508 e. The highest BCUT2D eigenvalue weighted by atomic mass is 33.1. The van der Waals surface area contributed by atoms with Crippen molar-refractivity contribution in [1.82, 2.24) is 25.1 Å². The lowest BCUT2D eigenvalue weighted by Gasteiger charge is -2.39. The van der Waals surface area contributed by atoms with Crippen molar-refractivity contribution in [2.24, 2.45) is 29.6 Å². The highest BCUT2D eigenvalue weighted by Gasteiger charge is 2.40. The van der Waals surface area contributed by atoms with Gasteiger partial charge in [-0.05, 0) is 92.1 Å².